The molecular weight excluding hydrogens is 450 g/mol. The number of nitrogens with zero attached hydrogens (tertiary/aromatic N) is 5. The summed E-state index contributed by atoms with van der Waals surface area (Å²) in [5.74, 6) is 2.14. The van der Waals surface area contributed by atoms with Crippen molar-refractivity contribution in [2.45, 2.75) is 57.5 Å². The topological polar surface area (TPSA) is 105 Å². The van der Waals surface area contributed by atoms with Gasteiger partial charge in [0.2, 0.25) is 5.91 Å². The predicted molar refractivity (Wildman–Crippen MR) is 130 cm³/mol. The predicted octanol–water partition coefficient (Wildman–Crippen LogP) is 3.19. The van der Waals surface area contributed by atoms with Crippen molar-refractivity contribution in [1.29, 1.82) is 0 Å². The zero-order valence-electron chi connectivity index (χ0n) is 19.2. The highest BCUT2D eigenvalue weighted by Crippen LogP contribution is 2.34. The second-order valence-electron chi connectivity index (χ2n) is 9.79. The molecular formula is C24H29N7O2S. The third-order valence-electron chi connectivity index (χ3n) is 7.10. The maximum Gasteiger partial charge on any atom is 0.272 e. The van der Waals surface area contributed by atoms with Crippen LogP contribution in [0.3, 0.4) is 0 Å². The standard InChI is InChI=1S/C24H29N7O2S/c1-14(15-2-3-15)26-20-12-19(28-21(29-20)18-13-25-31-10-11-34-24(18)31)23(33)30-8-6-17(7-9-30)27-22(32)16-4-5-16/h10-17H,2-9H2,1H3,(H,27,32)(H,26,28,29). The molecule has 0 spiro atoms. The number of likely N-dealkylation sites (tertiary alicyclic amines) is 1. The molecule has 3 fully saturated rings. The summed E-state index contributed by atoms with van der Waals surface area (Å²) in [6.45, 7) is 3.38. The minimum Gasteiger partial charge on any atom is -0.367 e. The Morgan fingerprint density at radius 3 is 2.65 bits per heavy atom. The van der Waals surface area contributed by atoms with Gasteiger partial charge in [-0.2, -0.15) is 5.10 Å². The summed E-state index contributed by atoms with van der Waals surface area (Å²) in [6, 6.07) is 2.22. The van der Waals surface area contributed by atoms with Gasteiger partial charge in [0, 0.05) is 48.7 Å². The van der Waals surface area contributed by atoms with Gasteiger partial charge in [-0.1, -0.05) is 0 Å². The van der Waals surface area contributed by atoms with Crippen LogP contribution in [0.5, 0.6) is 0 Å². The van der Waals surface area contributed by atoms with Crippen LogP contribution in [0.2, 0.25) is 0 Å². The molecule has 0 radical (unpaired) electrons. The molecule has 1 unspecified atom stereocenters. The molecule has 10 heteroatoms. The molecule has 9 nitrogen and oxygen atoms in total. The number of thiazole rings is 1. The Morgan fingerprint density at radius 2 is 1.91 bits per heavy atom. The van der Waals surface area contributed by atoms with E-state index in [2.05, 4.69) is 27.6 Å². The van der Waals surface area contributed by atoms with Gasteiger partial charge in [-0.05, 0) is 51.4 Å². The highest BCUT2D eigenvalue weighted by atomic mass is 32.1. The fourth-order valence-electron chi connectivity index (χ4n) is 4.63. The van der Waals surface area contributed by atoms with E-state index in [-0.39, 0.29) is 23.8 Å². The summed E-state index contributed by atoms with van der Waals surface area (Å²) in [5, 5.41) is 13.0. The Hall–Kier alpha value is -3.01. The molecule has 6 rings (SSSR count). The lowest BCUT2D eigenvalue weighted by Gasteiger charge is -2.32. The summed E-state index contributed by atoms with van der Waals surface area (Å²) in [6.07, 6.45) is 9.66. The number of hydrogen-bond donors (Lipinski definition) is 2. The van der Waals surface area contributed by atoms with Crippen LogP contribution in [0.15, 0.2) is 23.8 Å². The van der Waals surface area contributed by atoms with Crippen LogP contribution in [0, 0.1) is 11.8 Å². The van der Waals surface area contributed by atoms with Crippen molar-refractivity contribution in [1.82, 2.24) is 29.8 Å². The minimum atomic E-state index is -0.0904. The van der Waals surface area contributed by atoms with Gasteiger partial charge < -0.3 is 15.5 Å². The Bertz CT molecular complexity index is 1220. The van der Waals surface area contributed by atoms with Crippen LogP contribution < -0.4 is 10.6 Å². The summed E-state index contributed by atoms with van der Waals surface area (Å²) in [4.78, 5) is 37.8. The first-order valence-electron chi connectivity index (χ1n) is 12.2. The first-order chi connectivity index (χ1) is 16.5. The quantitative estimate of drug-likeness (QED) is 0.539. The Balaban J connectivity index is 1.23. The number of piperidine rings is 1. The molecule has 2 aliphatic carbocycles. The van der Waals surface area contributed by atoms with Crippen molar-refractivity contribution in [3.63, 3.8) is 0 Å². The lowest BCUT2D eigenvalue weighted by molar-refractivity contribution is -0.123. The van der Waals surface area contributed by atoms with Crippen LogP contribution in [0.25, 0.3) is 16.2 Å². The third-order valence-corrected chi connectivity index (χ3v) is 7.99. The van der Waals surface area contributed by atoms with E-state index in [1.165, 1.54) is 12.8 Å². The van der Waals surface area contributed by atoms with Gasteiger partial charge in [-0.25, -0.2) is 14.5 Å². The van der Waals surface area contributed by atoms with E-state index in [1.807, 2.05) is 16.5 Å². The van der Waals surface area contributed by atoms with Crippen molar-refractivity contribution in [2.75, 3.05) is 18.4 Å². The van der Waals surface area contributed by atoms with Crippen molar-refractivity contribution < 1.29 is 9.59 Å². The third kappa shape index (κ3) is 4.38. The fourth-order valence-corrected chi connectivity index (χ4v) is 5.42. The first-order valence-corrected chi connectivity index (χ1v) is 13.1. The summed E-state index contributed by atoms with van der Waals surface area (Å²) >= 11 is 1.57. The van der Waals surface area contributed by atoms with E-state index in [1.54, 1.807) is 28.1 Å². The molecule has 1 saturated heterocycles. The summed E-state index contributed by atoms with van der Waals surface area (Å²) < 4.78 is 1.80. The SMILES string of the molecule is CC(Nc1cc(C(=O)N2CCC(NC(=O)C3CC3)CC2)nc(-c2cnn3ccsc23)n1)C1CC1. The number of rotatable bonds is 7. The maximum atomic E-state index is 13.5. The molecule has 3 aromatic rings. The van der Waals surface area contributed by atoms with Gasteiger partial charge in [0.05, 0.1) is 11.8 Å². The average molecular weight is 480 g/mol. The molecule has 0 bridgehead atoms. The van der Waals surface area contributed by atoms with E-state index < -0.39 is 0 Å². The van der Waals surface area contributed by atoms with E-state index in [9.17, 15) is 9.59 Å². The molecule has 2 N–H and O–H groups in total. The number of fused-ring (bicyclic) bond motifs is 1. The zero-order chi connectivity index (χ0) is 23.2. The molecule has 0 aromatic carbocycles. The van der Waals surface area contributed by atoms with E-state index in [0.717, 1.165) is 36.1 Å². The number of anilines is 1. The second kappa shape index (κ2) is 8.65. The highest BCUT2D eigenvalue weighted by molar-refractivity contribution is 7.16. The molecule has 2 saturated carbocycles. The highest BCUT2D eigenvalue weighted by Gasteiger charge is 2.33. The Morgan fingerprint density at radius 1 is 1.12 bits per heavy atom. The van der Waals surface area contributed by atoms with E-state index in [0.29, 0.717) is 42.4 Å². The molecule has 178 valence electrons. The summed E-state index contributed by atoms with van der Waals surface area (Å²) in [5.41, 5.74) is 1.22. The monoisotopic (exact) mass is 479 g/mol. The van der Waals surface area contributed by atoms with Gasteiger partial charge >= 0.3 is 0 Å². The van der Waals surface area contributed by atoms with Gasteiger partial charge in [0.15, 0.2) is 5.82 Å². The number of hydrogen-bond acceptors (Lipinski definition) is 7. The molecule has 2 amide bonds. The largest absolute Gasteiger partial charge is 0.367 e. The number of nitrogens with one attached hydrogen (secondary N) is 2. The van der Waals surface area contributed by atoms with Gasteiger partial charge in [0.25, 0.3) is 5.91 Å². The number of carbonyl (C=O) groups is 2. The van der Waals surface area contributed by atoms with Gasteiger partial charge in [-0.15, -0.1) is 11.3 Å². The van der Waals surface area contributed by atoms with Crippen LogP contribution in [0.4, 0.5) is 5.82 Å². The summed E-state index contributed by atoms with van der Waals surface area (Å²) in [7, 11) is 0. The minimum absolute atomic E-state index is 0.0904. The Labute approximate surface area is 202 Å². The van der Waals surface area contributed by atoms with Crippen molar-refractivity contribution in [2.24, 2.45) is 11.8 Å². The lowest BCUT2D eigenvalue weighted by Crippen LogP contribution is -2.47. The van der Waals surface area contributed by atoms with E-state index in [4.69, 9.17) is 4.98 Å². The molecule has 1 atom stereocenters. The van der Waals surface area contributed by atoms with Crippen LogP contribution in [-0.2, 0) is 4.79 Å². The van der Waals surface area contributed by atoms with Crippen molar-refractivity contribution in [3.05, 3.63) is 29.5 Å². The Kier molecular flexibility index (Phi) is 5.47. The van der Waals surface area contributed by atoms with Crippen molar-refractivity contribution in [3.8, 4) is 11.4 Å². The van der Waals surface area contributed by atoms with Crippen LogP contribution >= 0.6 is 11.3 Å². The smallest absolute Gasteiger partial charge is 0.272 e. The van der Waals surface area contributed by atoms with E-state index >= 15 is 0 Å². The molecule has 34 heavy (non-hydrogen) atoms. The fraction of sp³-hybridized carbons (Fsp3) is 0.542. The average Bonchev–Trinajstić information content (AvgIpc) is 3.76. The normalized spacial score (nSPS) is 19.9. The molecule has 4 heterocycles. The first kappa shape index (κ1) is 21.5. The molecule has 3 aliphatic rings. The van der Waals surface area contributed by atoms with Crippen LogP contribution in [-0.4, -0.2) is 61.5 Å². The van der Waals surface area contributed by atoms with Crippen LogP contribution in [0.1, 0.15) is 55.9 Å². The maximum absolute atomic E-state index is 13.5. The zero-order valence-corrected chi connectivity index (χ0v) is 20.1. The number of carbonyl (C=O) groups excluding carboxylic acids is 2. The van der Waals surface area contributed by atoms with Gasteiger partial charge in [-0.3, -0.25) is 9.59 Å². The van der Waals surface area contributed by atoms with Gasteiger partial charge in [0.1, 0.15) is 16.3 Å². The number of amides is 2. The lowest BCUT2D eigenvalue weighted by atomic mass is 10.0. The second-order valence-corrected chi connectivity index (χ2v) is 10.7. The number of aromatic nitrogens is 4. The molecule has 1 aliphatic heterocycles. The van der Waals surface area contributed by atoms with Crippen molar-refractivity contribution >= 4 is 33.8 Å². The molecule has 3 aromatic heterocycles.